The summed E-state index contributed by atoms with van der Waals surface area (Å²) in [4.78, 5) is 22.5. The highest BCUT2D eigenvalue weighted by atomic mass is 16.7. The SMILES string of the molecule is Cc1nc([N+](=O)[O-])n([N+](=O)[O-])n1. The van der Waals surface area contributed by atoms with E-state index in [2.05, 4.69) is 10.1 Å². The van der Waals surface area contributed by atoms with Crippen LogP contribution in [0, 0.1) is 27.2 Å². The zero-order valence-corrected chi connectivity index (χ0v) is 5.87. The molecule has 12 heavy (non-hydrogen) atoms. The van der Waals surface area contributed by atoms with Gasteiger partial charge >= 0.3 is 11.8 Å². The van der Waals surface area contributed by atoms with Gasteiger partial charge in [-0.25, -0.2) is 0 Å². The average molecular weight is 173 g/mol. The highest BCUT2D eigenvalue weighted by Crippen LogP contribution is 2.05. The molecule has 0 radical (unpaired) electrons. The van der Waals surface area contributed by atoms with Gasteiger partial charge in [0.2, 0.25) is 0 Å². The first-order valence-corrected chi connectivity index (χ1v) is 2.75. The third kappa shape index (κ3) is 1.19. The Bertz CT molecular complexity index is 311. The van der Waals surface area contributed by atoms with E-state index in [1.54, 1.807) is 0 Å². The van der Waals surface area contributed by atoms with Crippen LogP contribution in [0.3, 0.4) is 0 Å². The summed E-state index contributed by atoms with van der Waals surface area (Å²) >= 11 is 0. The molecule has 0 aliphatic rings. The molecule has 0 aliphatic carbocycles. The molecule has 64 valence electrons. The van der Waals surface area contributed by atoms with Gasteiger partial charge in [0.15, 0.2) is 9.89 Å². The Morgan fingerprint density at radius 3 is 2.33 bits per heavy atom. The van der Waals surface area contributed by atoms with Crippen molar-refractivity contribution in [3.63, 3.8) is 0 Å². The fourth-order valence-electron chi connectivity index (χ4n) is 0.617. The normalized spacial score (nSPS) is 9.75. The minimum atomic E-state index is -1.02. The number of hydrogen-bond donors (Lipinski definition) is 0. The van der Waals surface area contributed by atoms with Crippen molar-refractivity contribution < 1.29 is 9.96 Å². The molecule has 0 fully saturated rings. The van der Waals surface area contributed by atoms with E-state index in [-0.39, 0.29) is 10.6 Å². The molecular formula is C3H3N5O4. The van der Waals surface area contributed by atoms with Gasteiger partial charge in [0, 0.05) is 6.92 Å². The molecule has 0 unspecified atom stereocenters. The van der Waals surface area contributed by atoms with Crippen molar-refractivity contribution >= 4 is 5.95 Å². The zero-order valence-electron chi connectivity index (χ0n) is 5.87. The van der Waals surface area contributed by atoms with Crippen LogP contribution in [0.2, 0.25) is 0 Å². The number of nitro groups is 2. The van der Waals surface area contributed by atoms with Gasteiger partial charge in [-0.05, 0) is 9.91 Å². The Morgan fingerprint density at radius 2 is 2.00 bits per heavy atom. The van der Waals surface area contributed by atoms with E-state index in [0.717, 1.165) is 0 Å². The summed E-state index contributed by atoms with van der Waals surface area (Å²) in [6, 6.07) is 0. The summed E-state index contributed by atoms with van der Waals surface area (Å²) in [5.41, 5.74) is 0. The predicted molar refractivity (Wildman–Crippen MR) is 33.8 cm³/mol. The van der Waals surface area contributed by atoms with Gasteiger partial charge < -0.3 is 20.2 Å². The lowest BCUT2D eigenvalue weighted by atomic mass is 10.8. The van der Waals surface area contributed by atoms with Gasteiger partial charge in [-0.15, -0.1) is 0 Å². The van der Waals surface area contributed by atoms with E-state index in [1.165, 1.54) is 6.92 Å². The lowest BCUT2D eigenvalue weighted by molar-refractivity contribution is -0.570. The van der Waals surface area contributed by atoms with E-state index in [4.69, 9.17) is 0 Å². The second kappa shape index (κ2) is 2.53. The molecular weight excluding hydrogens is 170 g/mol. The Labute approximate surface area is 64.9 Å². The third-order valence-electron chi connectivity index (χ3n) is 0.998. The number of hydrogen-bond acceptors (Lipinski definition) is 6. The predicted octanol–water partition coefficient (Wildman–Crippen LogP) is -0.465. The van der Waals surface area contributed by atoms with Crippen LogP contribution in [-0.4, -0.2) is 24.8 Å². The highest BCUT2D eigenvalue weighted by molar-refractivity contribution is 5.02. The number of aryl methyl sites for hydroxylation is 1. The fourth-order valence-corrected chi connectivity index (χ4v) is 0.617. The van der Waals surface area contributed by atoms with Crippen LogP contribution in [0.4, 0.5) is 5.95 Å². The molecule has 1 aromatic heterocycles. The van der Waals surface area contributed by atoms with E-state index in [1.807, 2.05) is 0 Å². The molecule has 1 heterocycles. The number of aromatic nitrogens is 3. The van der Waals surface area contributed by atoms with Crippen molar-refractivity contribution in [3.8, 4) is 0 Å². The molecule has 1 aromatic rings. The Kier molecular flexibility index (Phi) is 1.69. The van der Waals surface area contributed by atoms with Crippen LogP contribution in [0.5, 0.6) is 0 Å². The fraction of sp³-hybridized carbons (Fsp3) is 0.333. The quantitative estimate of drug-likeness (QED) is 0.440. The Morgan fingerprint density at radius 1 is 1.42 bits per heavy atom. The standard InChI is InChI=1S/C3H3N5O4/c1-2-4-3(7(9)10)6(5-2)8(11)12/h1H3. The van der Waals surface area contributed by atoms with E-state index < -0.39 is 15.9 Å². The maximum absolute atomic E-state index is 10.1. The van der Waals surface area contributed by atoms with Crippen LogP contribution in [0.15, 0.2) is 0 Å². The minimum Gasteiger partial charge on any atom is -0.390 e. The van der Waals surface area contributed by atoms with E-state index in [0.29, 0.717) is 0 Å². The summed E-state index contributed by atoms with van der Waals surface area (Å²) in [6.07, 6.45) is 0. The molecule has 0 saturated heterocycles. The van der Waals surface area contributed by atoms with Gasteiger partial charge in [0.25, 0.3) is 0 Å². The molecule has 0 N–H and O–H groups in total. The zero-order chi connectivity index (χ0) is 9.30. The number of rotatable bonds is 2. The maximum Gasteiger partial charge on any atom is 0.524 e. The summed E-state index contributed by atoms with van der Waals surface area (Å²) in [5, 5.41) is 22.4. The second-order valence-electron chi connectivity index (χ2n) is 1.84. The average Bonchev–Trinajstić information content (AvgIpc) is 2.31. The second-order valence-corrected chi connectivity index (χ2v) is 1.84. The van der Waals surface area contributed by atoms with Crippen LogP contribution >= 0.6 is 0 Å². The van der Waals surface area contributed by atoms with Gasteiger partial charge in [-0.3, -0.25) is 0 Å². The monoisotopic (exact) mass is 173 g/mol. The summed E-state index contributed by atoms with van der Waals surface area (Å²) in [6.45, 7) is 1.33. The molecule has 0 aromatic carbocycles. The first-order chi connectivity index (χ1) is 5.52. The van der Waals surface area contributed by atoms with Gasteiger partial charge in [-0.1, -0.05) is 0 Å². The van der Waals surface area contributed by atoms with Gasteiger partial charge in [-0.2, -0.15) is 0 Å². The maximum atomic E-state index is 10.1. The van der Waals surface area contributed by atoms with Crippen LogP contribution < -0.4 is 0 Å². The van der Waals surface area contributed by atoms with Crippen molar-refractivity contribution in [2.45, 2.75) is 6.92 Å². The largest absolute Gasteiger partial charge is 0.524 e. The lowest BCUT2D eigenvalue weighted by Gasteiger charge is -1.88. The molecule has 0 bridgehead atoms. The highest BCUT2D eigenvalue weighted by Gasteiger charge is 2.29. The minimum absolute atomic E-state index is 0.0154. The Balaban J connectivity index is 3.26. The van der Waals surface area contributed by atoms with Crippen molar-refractivity contribution in [3.05, 3.63) is 26.1 Å². The third-order valence-corrected chi connectivity index (χ3v) is 0.998. The van der Waals surface area contributed by atoms with Crippen LogP contribution in [0.25, 0.3) is 0 Å². The number of nitrogens with zero attached hydrogens (tertiary/aromatic N) is 5. The van der Waals surface area contributed by atoms with Crippen molar-refractivity contribution in [2.24, 2.45) is 0 Å². The summed E-state index contributed by atoms with van der Waals surface area (Å²) < 4.78 is 0. The molecule has 9 heteroatoms. The summed E-state index contributed by atoms with van der Waals surface area (Å²) in [5.74, 6) is -0.907. The van der Waals surface area contributed by atoms with Gasteiger partial charge in [0.1, 0.15) is 5.03 Å². The Hall–Kier alpha value is -2.06. The van der Waals surface area contributed by atoms with E-state index >= 15 is 0 Å². The molecule has 0 amide bonds. The van der Waals surface area contributed by atoms with Crippen LogP contribution in [0.1, 0.15) is 5.82 Å². The lowest BCUT2D eigenvalue weighted by Crippen LogP contribution is -2.13. The van der Waals surface area contributed by atoms with Crippen LogP contribution in [-0.2, 0) is 0 Å². The molecule has 0 spiro atoms. The smallest absolute Gasteiger partial charge is 0.390 e. The van der Waals surface area contributed by atoms with Crippen molar-refractivity contribution in [1.29, 1.82) is 0 Å². The molecule has 0 saturated carbocycles. The molecule has 1 rings (SSSR count). The first-order valence-electron chi connectivity index (χ1n) is 2.75. The topological polar surface area (TPSA) is 117 Å². The summed E-state index contributed by atoms with van der Waals surface area (Å²) in [7, 11) is 0. The van der Waals surface area contributed by atoms with E-state index in [9.17, 15) is 20.2 Å². The molecule has 0 atom stereocenters. The van der Waals surface area contributed by atoms with Gasteiger partial charge in [0.05, 0.1) is 0 Å². The van der Waals surface area contributed by atoms with Crippen molar-refractivity contribution in [1.82, 2.24) is 14.9 Å². The molecule has 0 aliphatic heterocycles. The first kappa shape index (κ1) is 8.04. The molecule has 9 nitrogen and oxygen atoms in total. The van der Waals surface area contributed by atoms with Crippen molar-refractivity contribution in [2.75, 3.05) is 0 Å².